The van der Waals surface area contributed by atoms with Gasteiger partial charge in [0.1, 0.15) is 5.82 Å². The maximum absolute atomic E-state index is 6.28. The molecule has 0 spiro atoms. The molecule has 1 unspecified atom stereocenters. The van der Waals surface area contributed by atoms with Gasteiger partial charge in [-0.15, -0.1) is 0 Å². The van der Waals surface area contributed by atoms with Crippen LogP contribution in [0.3, 0.4) is 0 Å². The van der Waals surface area contributed by atoms with E-state index in [0.29, 0.717) is 0 Å². The summed E-state index contributed by atoms with van der Waals surface area (Å²) < 4.78 is 0. The molecule has 1 aromatic heterocycles. The lowest BCUT2D eigenvalue weighted by Gasteiger charge is -2.31. The number of hydrogen-bond donors (Lipinski definition) is 2. The smallest absolute Gasteiger partial charge is 0.116 e. The molecule has 23 heavy (non-hydrogen) atoms. The molecule has 0 saturated carbocycles. The summed E-state index contributed by atoms with van der Waals surface area (Å²) in [7, 11) is 2.06. The van der Waals surface area contributed by atoms with Crippen molar-refractivity contribution in [3.05, 3.63) is 77.8 Å². The van der Waals surface area contributed by atoms with Crippen molar-refractivity contribution in [3.63, 3.8) is 0 Å². The summed E-state index contributed by atoms with van der Waals surface area (Å²) in [4.78, 5) is 3.53. The molecule has 3 N–H and O–H groups in total. The highest BCUT2D eigenvalue weighted by atomic mass is 15.7. The molecule has 1 aliphatic heterocycles. The Morgan fingerprint density at radius 2 is 1.83 bits per heavy atom. The van der Waals surface area contributed by atoms with Gasteiger partial charge in [-0.05, 0) is 42.8 Å². The number of aromatic nitrogens is 1. The van der Waals surface area contributed by atoms with Gasteiger partial charge in [-0.3, -0.25) is 5.01 Å². The Morgan fingerprint density at radius 3 is 2.57 bits per heavy atom. The minimum atomic E-state index is 0.0991. The van der Waals surface area contributed by atoms with E-state index in [0.717, 1.165) is 17.2 Å². The normalized spacial score (nSPS) is 18.6. The van der Waals surface area contributed by atoms with E-state index in [2.05, 4.69) is 66.4 Å². The molecule has 2 heterocycles. The highest BCUT2D eigenvalue weighted by molar-refractivity contribution is 5.84. The lowest BCUT2D eigenvalue weighted by Crippen LogP contribution is -2.37. The number of H-pyrrole nitrogens is 1. The molecule has 0 saturated heterocycles. The molecule has 116 valence electrons. The predicted molar refractivity (Wildman–Crippen MR) is 94.7 cm³/mol. The van der Waals surface area contributed by atoms with Crippen molar-refractivity contribution < 1.29 is 0 Å². The number of nitrogens with two attached hydrogens (primary N) is 1. The number of hydrazine groups is 1. The van der Waals surface area contributed by atoms with Crippen molar-refractivity contribution in [1.29, 1.82) is 0 Å². The first-order valence-electron chi connectivity index (χ1n) is 7.78. The molecule has 1 aliphatic rings. The van der Waals surface area contributed by atoms with E-state index in [4.69, 9.17) is 5.73 Å². The van der Waals surface area contributed by atoms with Crippen LogP contribution in [0.2, 0.25) is 0 Å². The summed E-state index contributed by atoms with van der Waals surface area (Å²) in [6.07, 6.45) is 2.09. The number of nitrogens with one attached hydrogen (secondary N) is 1. The third-order valence-corrected chi connectivity index (χ3v) is 4.51. The predicted octanol–water partition coefficient (Wildman–Crippen LogP) is 3.68. The lowest BCUT2D eigenvalue weighted by atomic mass is 10.1. The third-order valence-electron chi connectivity index (χ3n) is 4.51. The molecular weight excluding hydrogens is 284 g/mol. The third kappa shape index (κ3) is 2.19. The van der Waals surface area contributed by atoms with Crippen LogP contribution in [0.4, 0.5) is 5.69 Å². The highest BCUT2D eigenvalue weighted by Crippen LogP contribution is 2.35. The van der Waals surface area contributed by atoms with Gasteiger partial charge in [-0.2, -0.15) is 0 Å². The van der Waals surface area contributed by atoms with Gasteiger partial charge in [-0.1, -0.05) is 30.3 Å². The van der Waals surface area contributed by atoms with Crippen LogP contribution in [0.5, 0.6) is 0 Å². The van der Waals surface area contributed by atoms with E-state index < -0.39 is 0 Å². The maximum Gasteiger partial charge on any atom is 0.116 e. The molecule has 0 aliphatic carbocycles. The van der Waals surface area contributed by atoms with Gasteiger partial charge in [0.05, 0.1) is 11.7 Å². The Hall–Kier alpha value is -2.72. The minimum absolute atomic E-state index is 0.0991. The van der Waals surface area contributed by atoms with Gasteiger partial charge >= 0.3 is 0 Å². The van der Waals surface area contributed by atoms with E-state index >= 15 is 0 Å². The second-order valence-corrected chi connectivity index (χ2v) is 6.02. The number of nitrogens with zero attached hydrogens (tertiary/aromatic N) is 2. The Labute approximate surface area is 135 Å². The number of hydrogen-bond acceptors (Lipinski definition) is 3. The Bertz CT molecular complexity index is 879. The van der Waals surface area contributed by atoms with Crippen LogP contribution in [-0.2, 0) is 0 Å². The number of rotatable bonds is 2. The van der Waals surface area contributed by atoms with Crippen LogP contribution in [-0.4, -0.2) is 17.0 Å². The van der Waals surface area contributed by atoms with Gasteiger partial charge in [0, 0.05) is 23.6 Å². The first-order valence-corrected chi connectivity index (χ1v) is 7.78. The van der Waals surface area contributed by atoms with Gasteiger partial charge in [0.25, 0.3) is 0 Å². The second kappa shape index (κ2) is 5.18. The number of anilines is 1. The van der Waals surface area contributed by atoms with E-state index in [1.165, 1.54) is 16.5 Å². The number of aryl methyl sites for hydroxylation is 1. The number of benzene rings is 2. The maximum atomic E-state index is 6.28. The summed E-state index contributed by atoms with van der Waals surface area (Å²) in [6, 6.07) is 18.8. The fraction of sp³-hybridized carbons (Fsp3) is 0.158. The quantitative estimate of drug-likeness (QED) is 0.759. The fourth-order valence-corrected chi connectivity index (χ4v) is 3.33. The van der Waals surface area contributed by atoms with Crippen LogP contribution < -0.4 is 10.7 Å². The highest BCUT2D eigenvalue weighted by Gasteiger charge is 2.31. The molecule has 0 fully saturated rings. The molecule has 2 aromatic carbocycles. The van der Waals surface area contributed by atoms with Crippen LogP contribution in [0.15, 0.2) is 66.5 Å². The molecule has 4 heteroatoms. The molecule has 0 bridgehead atoms. The second-order valence-electron chi connectivity index (χ2n) is 6.02. The minimum Gasteiger partial charge on any atom is -0.384 e. The molecule has 0 amide bonds. The Kier molecular flexibility index (Phi) is 3.13. The number of likely N-dealkylation sites (N-methyl/N-ethyl adjacent to an activating group) is 1. The SMILES string of the molecule is Cc1cccc2[nH]c(C3C=C(N)N(c4ccccc4)N3C)cc12. The fourth-order valence-electron chi connectivity index (χ4n) is 3.33. The topological polar surface area (TPSA) is 48.3 Å². The summed E-state index contributed by atoms with van der Waals surface area (Å²) in [5.74, 6) is 0.749. The van der Waals surface area contributed by atoms with Crippen molar-refractivity contribution in [3.8, 4) is 0 Å². The lowest BCUT2D eigenvalue weighted by molar-refractivity contribution is 0.302. The molecule has 1 atom stereocenters. The van der Waals surface area contributed by atoms with Crippen molar-refractivity contribution in [2.24, 2.45) is 5.73 Å². The van der Waals surface area contributed by atoms with E-state index in [1.54, 1.807) is 0 Å². The molecule has 4 rings (SSSR count). The zero-order valence-electron chi connectivity index (χ0n) is 13.3. The standard InChI is InChI=1S/C19H20N4/c1-13-7-6-10-16-15(13)11-17(21-16)18-12-19(20)23(22(18)2)14-8-4-3-5-9-14/h3-12,18,21H,20H2,1-2H3. The van der Waals surface area contributed by atoms with Crippen molar-refractivity contribution >= 4 is 16.6 Å². The van der Waals surface area contributed by atoms with Gasteiger partial charge < -0.3 is 10.7 Å². The van der Waals surface area contributed by atoms with E-state index in [1.807, 2.05) is 23.2 Å². The molecular formula is C19H20N4. The average Bonchev–Trinajstić information content (AvgIpc) is 3.10. The zero-order chi connectivity index (χ0) is 16.0. The van der Waals surface area contributed by atoms with Crippen LogP contribution in [0, 0.1) is 6.92 Å². The summed E-state index contributed by atoms with van der Waals surface area (Å²) in [5.41, 5.74) is 10.9. The molecule has 4 nitrogen and oxygen atoms in total. The van der Waals surface area contributed by atoms with Gasteiger partial charge in [0.15, 0.2) is 0 Å². The van der Waals surface area contributed by atoms with E-state index in [9.17, 15) is 0 Å². The van der Waals surface area contributed by atoms with E-state index in [-0.39, 0.29) is 6.04 Å². The van der Waals surface area contributed by atoms with Crippen molar-refractivity contribution in [2.75, 3.05) is 12.1 Å². The first kappa shape index (κ1) is 13.9. The van der Waals surface area contributed by atoms with Gasteiger partial charge in [0.2, 0.25) is 0 Å². The van der Waals surface area contributed by atoms with Crippen LogP contribution in [0.25, 0.3) is 10.9 Å². The summed E-state index contributed by atoms with van der Waals surface area (Å²) in [6.45, 7) is 2.14. The molecule has 0 radical (unpaired) electrons. The monoisotopic (exact) mass is 304 g/mol. The number of aromatic amines is 1. The van der Waals surface area contributed by atoms with Crippen molar-refractivity contribution in [1.82, 2.24) is 9.99 Å². The Balaban J connectivity index is 1.74. The summed E-state index contributed by atoms with van der Waals surface area (Å²) >= 11 is 0. The number of fused-ring (bicyclic) bond motifs is 1. The van der Waals surface area contributed by atoms with Crippen molar-refractivity contribution in [2.45, 2.75) is 13.0 Å². The first-order chi connectivity index (χ1) is 11.1. The van der Waals surface area contributed by atoms with Gasteiger partial charge in [-0.25, -0.2) is 5.01 Å². The summed E-state index contributed by atoms with van der Waals surface area (Å²) in [5, 5.41) is 5.47. The Morgan fingerprint density at radius 1 is 1.04 bits per heavy atom. The van der Waals surface area contributed by atoms with Crippen LogP contribution in [0.1, 0.15) is 17.3 Å². The number of para-hydroxylation sites is 1. The average molecular weight is 304 g/mol. The largest absolute Gasteiger partial charge is 0.384 e. The zero-order valence-corrected chi connectivity index (χ0v) is 13.3. The molecule has 3 aromatic rings. The van der Waals surface area contributed by atoms with Crippen LogP contribution >= 0.6 is 0 Å².